The van der Waals surface area contributed by atoms with Crippen LogP contribution in [0.5, 0.6) is 0 Å². The molecule has 0 radical (unpaired) electrons. The van der Waals surface area contributed by atoms with E-state index < -0.39 is 0 Å². The third kappa shape index (κ3) is 3.66. The van der Waals surface area contributed by atoms with Gasteiger partial charge in [-0.2, -0.15) is 5.10 Å². The molecule has 0 atom stereocenters. The average molecular weight is 211 g/mol. The molecule has 4 nitrogen and oxygen atoms in total. The molecule has 5 heteroatoms. The van der Waals surface area contributed by atoms with Gasteiger partial charge in [-0.25, -0.2) is 0 Å². The van der Waals surface area contributed by atoms with Gasteiger partial charge in [0.05, 0.1) is 6.20 Å². The van der Waals surface area contributed by atoms with Crippen molar-refractivity contribution in [3.05, 3.63) is 17.8 Å². The van der Waals surface area contributed by atoms with Gasteiger partial charge in [-0.3, -0.25) is 9.89 Å². The molecule has 0 aliphatic carbocycles. The highest BCUT2D eigenvalue weighted by molar-refractivity contribution is 8.13. The molecule has 14 heavy (non-hydrogen) atoms. The number of H-pyrrole nitrogens is 1. The molecule has 3 N–H and O–H groups in total. The molecule has 0 aliphatic rings. The maximum absolute atomic E-state index is 10.6. The van der Waals surface area contributed by atoms with Gasteiger partial charge in [-0.05, 0) is 6.42 Å². The van der Waals surface area contributed by atoms with E-state index in [-0.39, 0.29) is 5.12 Å². The molecule has 1 aromatic rings. The van der Waals surface area contributed by atoms with Crippen LogP contribution < -0.4 is 5.73 Å². The van der Waals surface area contributed by atoms with E-state index in [0.29, 0.717) is 5.82 Å². The quantitative estimate of drug-likeness (QED) is 0.743. The molecule has 0 unspecified atom stereocenters. The number of nitrogens with one attached hydrogen (secondary N) is 1. The lowest BCUT2D eigenvalue weighted by Crippen LogP contribution is -1.86. The predicted octanol–water partition coefficient (Wildman–Crippen LogP) is 1.67. The van der Waals surface area contributed by atoms with E-state index in [9.17, 15) is 4.79 Å². The molecule has 0 bridgehead atoms. The number of carbonyl (C=O) groups excluding carboxylic acids is 1. The second kappa shape index (κ2) is 5.49. The summed E-state index contributed by atoms with van der Waals surface area (Å²) in [4.78, 5) is 10.6. The second-order valence-corrected chi connectivity index (χ2v) is 4.04. The van der Waals surface area contributed by atoms with Gasteiger partial charge in [0.2, 0.25) is 0 Å². The number of nitrogens with two attached hydrogens (primary N) is 1. The van der Waals surface area contributed by atoms with Crippen molar-refractivity contribution in [1.29, 1.82) is 0 Å². The van der Waals surface area contributed by atoms with E-state index in [4.69, 9.17) is 5.73 Å². The first-order valence-corrected chi connectivity index (χ1v) is 5.27. The molecule has 1 aromatic heterocycles. The van der Waals surface area contributed by atoms with Gasteiger partial charge in [-0.1, -0.05) is 23.9 Å². The first kappa shape index (κ1) is 10.8. The van der Waals surface area contributed by atoms with E-state index in [0.717, 1.165) is 17.7 Å². The SMILES string of the molecule is CC(=O)SCCC=Cc1cn[nH]c1N. The van der Waals surface area contributed by atoms with Crippen LogP contribution in [0.15, 0.2) is 12.3 Å². The number of allylic oxidation sites excluding steroid dienone is 1. The summed E-state index contributed by atoms with van der Waals surface area (Å²) in [7, 11) is 0. The standard InChI is InChI=1S/C9H13N3OS/c1-7(13)14-5-3-2-4-8-6-11-12-9(8)10/h2,4,6H,3,5H2,1H3,(H3,10,11,12). The highest BCUT2D eigenvalue weighted by atomic mass is 32.2. The minimum Gasteiger partial charge on any atom is -0.384 e. The Morgan fingerprint density at radius 3 is 3.14 bits per heavy atom. The third-order valence-corrected chi connectivity index (χ3v) is 2.43. The Morgan fingerprint density at radius 2 is 2.57 bits per heavy atom. The topological polar surface area (TPSA) is 71.8 Å². The van der Waals surface area contributed by atoms with E-state index in [1.807, 2.05) is 12.2 Å². The van der Waals surface area contributed by atoms with Crippen molar-refractivity contribution in [3.8, 4) is 0 Å². The number of hydrogen-bond donors (Lipinski definition) is 2. The van der Waals surface area contributed by atoms with Crippen molar-refractivity contribution in [1.82, 2.24) is 10.2 Å². The average Bonchev–Trinajstić information content (AvgIpc) is 2.51. The summed E-state index contributed by atoms with van der Waals surface area (Å²) in [6.45, 7) is 1.57. The highest BCUT2D eigenvalue weighted by Gasteiger charge is 1.95. The Bertz CT molecular complexity index is 333. The van der Waals surface area contributed by atoms with Crippen LogP contribution in [0.4, 0.5) is 5.82 Å². The lowest BCUT2D eigenvalue weighted by molar-refractivity contribution is -0.109. The minimum atomic E-state index is 0.154. The van der Waals surface area contributed by atoms with Gasteiger partial charge in [0.1, 0.15) is 5.82 Å². The van der Waals surface area contributed by atoms with Gasteiger partial charge in [-0.15, -0.1) is 0 Å². The maximum atomic E-state index is 10.6. The zero-order valence-corrected chi connectivity index (χ0v) is 8.80. The number of hydrogen-bond acceptors (Lipinski definition) is 4. The van der Waals surface area contributed by atoms with Gasteiger partial charge < -0.3 is 5.73 Å². The van der Waals surface area contributed by atoms with E-state index in [1.165, 1.54) is 11.8 Å². The predicted molar refractivity (Wildman–Crippen MR) is 59.8 cm³/mol. The zero-order valence-electron chi connectivity index (χ0n) is 7.99. The molecular formula is C9H13N3OS. The summed E-state index contributed by atoms with van der Waals surface area (Å²) in [5.41, 5.74) is 6.46. The number of nitrogen functional groups attached to an aromatic ring is 1. The van der Waals surface area contributed by atoms with Crippen molar-refractivity contribution in [2.75, 3.05) is 11.5 Å². The monoisotopic (exact) mass is 211 g/mol. The summed E-state index contributed by atoms with van der Waals surface area (Å²) in [6, 6.07) is 0. The number of rotatable bonds is 4. The van der Waals surface area contributed by atoms with Crippen LogP contribution in [-0.4, -0.2) is 21.1 Å². The second-order valence-electron chi connectivity index (χ2n) is 2.77. The van der Waals surface area contributed by atoms with Crippen molar-refractivity contribution in [2.24, 2.45) is 0 Å². The van der Waals surface area contributed by atoms with Crippen molar-refractivity contribution < 1.29 is 4.79 Å². The number of aromatic nitrogens is 2. The van der Waals surface area contributed by atoms with Gasteiger partial charge in [0.25, 0.3) is 0 Å². The molecule has 0 amide bonds. The molecule has 0 saturated heterocycles. The Hall–Kier alpha value is -1.23. The van der Waals surface area contributed by atoms with Crippen LogP contribution in [0, 0.1) is 0 Å². The van der Waals surface area contributed by atoms with Crippen molar-refractivity contribution in [2.45, 2.75) is 13.3 Å². The highest BCUT2D eigenvalue weighted by Crippen LogP contribution is 2.10. The Balaban J connectivity index is 2.28. The van der Waals surface area contributed by atoms with E-state index in [2.05, 4.69) is 10.2 Å². The van der Waals surface area contributed by atoms with Crippen molar-refractivity contribution >= 4 is 28.8 Å². The first-order valence-electron chi connectivity index (χ1n) is 4.29. The molecular weight excluding hydrogens is 198 g/mol. The summed E-state index contributed by atoms with van der Waals surface area (Å²) >= 11 is 1.33. The summed E-state index contributed by atoms with van der Waals surface area (Å²) in [5, 5.41) is 6.59. The lowest BCUT2D eigenvalue weighted by Gasteiger charge is -1.91. The molecule has 1 rings (SSSR count). The van der Waals surface area contributed by atoms with Crippen LogP contribution in [0.1, 0.15) is 18.9 Å². The number of thioether (sulfide) groups is 1. The lowest BCUT2D eigenvalue weighted by atomic mass is 10.3. The Kier molecular flexibility index (Phi) is 4.25. The van der Waals surface area contributed by atoms with Crippen LogP contribution in [0.3, 0.4) is 0 Å². The van der Waals surface area contributed by atoms with Gasteiger partial charge in [0, 0.05) is 18.2 Å². The van der Waals surface area contributed by atoms with Gasteiger partial charge in [0.15, 0.2) is 5.12 Å². The smallest absolute Gasteiger partial charge is 0.185 e. The molecule has 0 saturated carbocycles. The zero-order chi connectivity index (χ0) is 10.4. The van der Waals surface area contributed by atoms with Crippen LogP contribution in [0.25, 0.3) is 6.08 Å². The van der Waals surface area contributed by atoms with E-state index in [1.54, 1.807) is 13.1 Å². The van der Waals surface area contributed by atoms with Crippen LogP contribution in [0.2, 0.25) is 0 Å². The molecule has 0 spiro atoms. The van der Waals surface area contributed by atoms with E-state index >= 15 is 0 Å². The molecule has 0 aliphatic heterocycles. The summed E-state index contributed by atoms with van der Waals surface area (Å²) in [5.74, 6) is 1.38. The Labute approximate surface area is 87.0 Å². The fourth-order valence-electron chi connectivity index (χ4n) is 0.919. The molecule has 1 heterocycles. The molecule has 0 aromatic carbocycles. The van der Waals surface area contributed by atoms with Gasteiger partial charge >= 0.3 is 0 Å². The summed E-state index contributed by atoms with van der Waals surface area (Å²) in [6.07, 6.45) is 6.41. The molecule has 76 valence electrons. The number of anilines is 1. The Morgan fingerprint density at radius 1 is 1.79 bits per heavy atom. The van der Waals surface area contributed by atoms with Crippen LogP contribution in [-0.2, 0) is 4.79 Å². The van der Waals surface area contributed by atoms with Crippen LogP contribution >= 0.6 is 11.8 Å². The largest absolute Gasteiger partial charge is 0.384 e. The summed E-state index contributed by atoms with van der Waals surface area (Å²) < 4.78 is 0. The maximum Gasteiger partial charge on any atom is 0.185 e. The number of carbonyl (C=O) groups is 1. The number of aromatic amines is 1. The third-order valence-electron chi connectivity index (χ3n) is 1.59. The normalized spacial score (nSPS) is 10.9. The fourth-order valence-corrected chi connectivity index (χ4v) is 1.46. The first-order chi connectivity index (χ1) is 6.70. The fraction of sp³-hybridized carbons (Fsp3) is 0.333. The van der Waals surface area contributed by atoms with Crippen molar-refractivity contribution in [3.63, 3.8) is 0 Å². The minimum absolute atomic E-state index is 0.154. The molecule has 0 fully saturated rings. The number of nitrogens with zero attached hydrogens (tertiary/aromatic N) is 1.